The number of amides is 1. The Labute approximate surface area is 269 Å². The van der Waals surface area contributed by atoms with Gasteiger partial charge in [-0.3, -0.25) is 19.2 Å². The van der Waals surface area contributed by atoms with Crippen LogP contribution in [0.5, 0.6) is 5.75 Å². The van der Waals surface area contributed by atoms with Gasteiger partial charge in [-0.1, -0.05) is 76.7 Å². The van der Waals surface area contributed by atoms with Crippen LogP contribution in [-0.4, -0.2) is 48.0 Å². The molecule has 0 aliphatic rings. The number of nitrogens with zero attached hydrogens (tertiary/aromatic N) is 1. The van der Waals surface area contributed by atoms with Gasteiger partial charge < -0.3 is 19.5 Å². The smallest absolute Gasteiger partial charge is 0.314 e. The van der Waals surface area contributed by atoms with E-state index in [9.17, 15) is 24.3 Å². The normalized spacial score (nSPS) is 12.2. The summed E-state index contributed by atoms with van der Waals surface area (Å²) in [6.07, 6.45) is -1.22. The molecule has 3 aromatic rings. The first-order chi connectivity index (χ1) is 20.4. The van der Waals surface area contributed by atoms with Crippen LogP contribution in [0.15, 0.2) is 60.7 Å². The van der Waals surface area contributed by atoms with Crippen molar-refractivity contribution in [3.63, 3.8) is 0 Å². The molecule has 3 rings (SSSR count). The number of ether oxygens (including phenoxy) is 2. The number of carboxylic acid groups (broad SMARTS) is 1. The fraction of sp³-hybridized carbons (Fsp3) is 0.290. The first-order valence-corrected chi connectivity index (χ1v) is 14.6. The van der Waals surface area contributed by atoms with Crippen molar-refractivity contribution in [2.75, 3.05) is 14.2 Å². The molecule has 1 N–H and O–H groups in total. The van der Waals surface area contributed by atoms with Crippen LogP contribution in [0, 0.1) is 0 Å². The summed E-state index contributed by atoms with van der Waals surface area (Å²) in [6.45, 7) is 0.263. The summed E-state index contributed by atoms with van der Waals surface area (Å²) in [5.74, 6) is -4.12. The Morgan fingerprint density at radius 3 is 1.74 bits per heavy atom. The van der Waals surface area contributed by atoms with Gasteiger partial charge in [0.25, 0.3) is 0 Å². The van der Waals surface area contributed by atoms with E-state index < -0.39 is 42.6 Å². The Morgan fingerprint density at radius 2 is 1.26 bits per heavy atom. The number of para-hydroxylation sites is 1. The average Bonchev–Trinajstić information content (AvgIpc) is 2.95. The van der Waals surface area contributed by atoms with Crippen LogP contribution in [0.25, 0.3) is 0 Å². The van der Waals surface area contributed by atoms with Gasteiger partial charge in [0.05, 0.1) is 46.5 Å². The Balaban J connectivity index is 1.74. The Bertz CT molecular complexity index is 1500. The molecule has 1 amide bonds. The maximum absolute atomic E-state index is 13.3. The summed E-state index contributed by atoms with van der Waals surface area (Å²) < 4.78 is 10.5. The van der Waals surface area contributed by atoms with Gasteiger partial charge in [0, 0.05) is 37.4 Å². The highest BCUT2D eigenvalue weighted by Crippen LogP contribution is 2.33. The van der Waals surface area contributed by atoms with Crippen molar-refractivity contribution in [1.29, 1.82) is 0 Å². The van der Waals surface area contributed by atoms with E-state index in [1.54, 1.807) is 44.5 Å². The van der Waals surface area contributed by atoms with Crippen molar-refractivity contribution in [1.82, 2.24) is 4.90 Å². The van der Waals surface area contributed by atoms with Gasteiger partial charge >= 0.3 is 17.9 Å². The molecule has 2 atom stereocenters. The van der Waals surface area contributed by atoms with Crippen molar-refractivity contribution >= 4 is 70.2 Å². The van der Waals surface area contributed by atoms with Crippen molar-refractivity contribution in [2.24, 2.45) is 0 Å². The zero-order valence-electron chi connectivity index (χ0n) is 23.3. The molecule has 0 radical (unpaired) electrons. The first kappa shape index (κ1) is 34.2. The number of halogens is 4. The van der Waals surface area contributed by atoms with Crippen molar-refractivity contribution in [3.8, 4) is 5.75 Å². The summed E-state index contributed by atoms with van der Waals surface area (Å²) in [5.41, 5.74) is 1.81. The predicted molar refractivity (Wildman–Crippen MR) is 165 cm³/mol. The van der Waals surface area contributed by atoms with E-state index in [-0.39, 0.29) is 40.4 Å². The number of rotatable bonds is 13. The zero-order chi connectivity index (χ0) is 31.7. The number of carbonyl (C=O) groups excluding carboxylic acids is 3. The fourth-order valence-corrected chi connectivity index (χ4v) is 5.13. The van der Waals surface area contributed by atoms with E-state index in [1.807, 2.05) is 18.2 Å². The molecule has 0 saturated carbocycles. The Kier molecular flexibility index (Phi) is 12.7. The molecular formula is C31H29Cl4NO7. The summed E-state index contributed by atoms with van der Waals surface area (Å²) >= 11 is 24.3. The van der Waals surface area contributed by atoms with Gasteiger partial charge in [0.2, 0.25) is 5.91 Å². The molecule has 228 valence electrons. The second kappa shape index (κ2) is 16.0. The molecule has 0 heterocycles. The number of methoxy groups -OCH3 is 1. The summed E-state index contributed by atoms with van der Waals surface area (Å²) in [5, 5.41) is 10.4. The van der Waals surface area contributed by atoms with E-state index >= 15 is 0 Å². The van der Waals surface area contributed by atoms with Crippen LogP contribution >= 0.6 is 46.4 Å². The third-order valence-electron chi connectivity index (χ3n) is 6.75. The quantitative estimate of drug-likeness (QED) is 0.148. The highest BCUT2D eigenvalue weighted by atomic mass is 35.5. The predicted octanol–water partition coefficient (Wildman–Crippen LogP) is 7.55. The van der Waals surface area contributed by atoms with Crippen LogP contribution < -0.4 is 4.74 Å². The van der Waals surface area contributed by atoms with E-state index in [1.165, 1.54) is 17.0 Å². The standard InChI is InChI=1S/C31H29Cl4NO7/c1-36(17-20-5-3-4-6-27(20)42-2)28(37)13-21(18-7-9-23(32)25(34)11-18)15-30(40)43-31(41)16-22(14-29(38)39)19-8-10-24(33)26(35)12-19/h3-12,21-22H,13-17H2,1-2H3,(H,38,39). The van der Waals surface area contributed by atoms with Crippen LogP contribution in [0.4, 0.5) is 0 Å². The maximum Gasteiger partial charge on any atom is 0.314 e. The molecule has 0 spiro atoms. The number of benzene rings is 3. The topological polar surface area (TPSA) is 110 Å². The maximum atomic E-state index is 13.3. The number of hydrogen-bond acceptors (Lipinski definition) is 6. The zero-order valence-corrected chi connectivity index (χ0v) is 26.3. The third kappa shape index (κ3) is 10.1. The molecule has 0 bridgehead atoms. The largest absolute Gasteiger partial charge is 0.496 e. The number of esters is 2. The van der Waals surface area contributed by atoms with Crippen LogP contribution in [0.1, 0.15) is 54.2 Å². The molecule has 3 aromatic carbocycles. The van der Waals surface area contributed by atoms with E-state index in [0.29, 0.717) is 21.9 Å². The van der Waals surface area contributed by atoms with Crippen molar-refractivity contribution in [2.45, 2.75) is 44.1 Å². The fourth-order valence-electron chi connectivity index (χ4n) is 4.52. The van der Waals surface area contributed by atoms with Crippen LogP contribution in [0.3, 0.4) is 0 Å². The summed E-state index contributed by atoms with van der Waals surface area (Å²) in [4.78, 5) is 52.0. The van der Waals surface area contributed by atoms with Gasteiger partial charge in [0.15, 0.2) is 0 Å². The summed E-state index contributed by atoms with van der Waals surface area (Å²) in [7, 11) is 3.18. The lowest BCUT2D eigenvalue weighted by atomic mass is 9.91. The van der Waals surface area contributed by atoms with Gasteiger partial charge in [-0.25, -0.2) is 0 Å². The highest BCUT2D eigenvalue weighted by molar-refractivity contribution is 6.42. The molecule has 0 aromatic heterocycles. The Morgan fingerprint density at radius 1 is 0.744 bits per heavy atom. The number of carbonyl (C=O) groups is 4. The van der Waals surface area contributed by atoms with Gasteiger partial charge in [0.1, 0.15) is 5.75 Å². The second-order valence-corrected chi connectivity index (χ2v) is 11.5. The first-order valence-electron chi connectivity index (χ1n) is 13.1. The minimum atomic E-state index is -1.15. The third-order valence-corrected chi connectivity index (χ3v) is 8.23. The Hall–Kier alpha value is -3.30. The average molecular weight is 669 g/mol. The molecule has 0 aliphatic carbocycles. The number of carboxylic acids is 1. The van der Waals surface area contributed by atoms with E-state index in [0.717, 1.165) is 5.56 Å². The van der Waals surface area contributed by atoms with Gasteiger partial charge in [-0.2, -0.15) is 0 Å². The minimum absolute atomic E-state index is 0.0994. The molecule has 43 heavy (non-hydrogen) atoms. The number of aliphatic carboxylic acids is 1. The number of hydrogen-bond donors (Lipinski definition) is 1. The van der Waals surface area contributed by atoms with Gasteiger partial charge in [-0.05, 0) is 41.5 Å². The SMILES string of the molecule is COc1ccccc1CN(C)C(=O)CC(CC(=O)OC(=O)CC(CC(=O)O)c1ccc(Cl)c(Cl)c1)c1ccc(Cl)c(Cl)c1. The molecule has 0 fully saturated rings. The summed E-state index contributed by atoms with van der Waals surface area (Å²) in [6, 6.07) is 16.6. The molecule has 0 saturated heterocycles. The molecule has 2 unspecified atom stereocenters. The van der Waals surface area contributed by atoms with Crippen molar-refractivity contribution < 1.29 is 33.8 Å². The van der Waals surface area contributed by atoms with Crippen LogP contribution in [0.2, 0.25) is 20.1 Å². The second-order valence-electron chi connectivity index (χ2n) is 9.86. The molecule has 8 nitrogen and oxygen atoms in total. The lowest BCUT2D eigenvalue weighted by molar-refractivity contribution is -0.160. The monoisotopic (exact) mass is 667 g/mol. The molecule has 12 heteroatoms. The lowest BCUT2D eigenvalue weighted by Gasteiger charge is -2.23. The highest BCUT2D eigenvalue weighted by Gasteiger charge is 2.27. The van der Waals surface area contributed by atoms with E-state index in [2.05, 4.69) is 0 Å². The van der Waals surface area contributed by atoms with Crippen LogP contribution in [-0.2, 0) is 30.5 Å². The van der Waals surface area contributed by atoms with Gasteiger partial charge in [-0.15, -0.1) is 0 Å². The lowest BCUT2D eigenvalue weighted by Crippen LogP contribution is -2.28. The molecular weight excluding hydrogens is 640 g/mol. The van der Waals surface area contributed by atoms with E-state index in [4.69, 9.17) is 55.9 Å². The minimum Gasteiger partial charge on any atom is -0.496 e. The van der Waals surface area contributed by atoms with Crippen molar-refractivity contribution in [3.05, 3.63) is 97.4 Å². The molecule has 0 aliphatic heterocycles.